The third-order valence-electron chi connectivity index (χ3n) is 13.8. The Morgan fingerprint density at radius 2 is 0.397 bits per heavy atom. The molecule has 0 bridgehead atoms. The van der Waals surface area contributed by atoms with E-state index >= 15 is 0 Å². The highest BCUT2D eigenvalue weighted by molar-refractivity contribution is 6.21. The van der Waals surface area contributed by atoms with Crippen LogP contribution >= 0.6 is 0 Å². The molecular weight excluding hydrogens is 821 g/mol. The topological polar surface area (TPSA) is 6.48 Å². The maximum absolute atomic E-state index is 2.43. The first kappa shape index (κ1) is 39.4. The fourth-order valence-electron chi connectivity index (χ4n) is 10.7. The number of fused-ring (bicyclic) bond motifs is 6. The minimum absolute atomic E-state index is 1.10. The van der Waals surface area contributed by atoms with Crippen LogP contribution in [0, 0.1) is 0 Å². The van der Waals surface area contributed by atoms with Gasteiger partial charge in [-0.05, 0) is 114 Å². The Morgan fingerprint density at radius 1 is 0.176 bits per heavy atom. The van der Waals surface area contributed by atoms with E-state index in [0.717, 1.165) is 34.1 Å². The van der Waals surface area contributed by atoms with Crippen molar-refractivity contribution in [1.29, 1.82) is 0 Å². The fraction of sp³-hybridized carbons (Fsp3) is 0. The van der Waals surface area contributed by atoms with Gasteiger partial charge in [0.15, 0.2) is 0 Å². The Hall–Kier alpha value is -8.98. The summed E-state index contributed by atoms with van der Waals surface area (Å²) in [4.78, 5) is 4.86. The zero-order valence-corrected chi connectivity index (χ0v) is 37.3. The molecule has 0 saturated heterocycles. The summed E-state index contributed by atoms with van der Waals surface area (Å²) in [6.45, 7) is 0. The number of rotatable bonds is 8. The lowest BCUT2D eigenvalue weighted by atomic mass is 9.86. The number of hydrogen-bond acceptors (Lipinski definition) is 2. The van der Waals surface area contributed by atoms with E-state index < -0.39 is 0 Å². The Balaban J connectivity index is 0.954. The summed E-state index contributed by atoms with van der Waals surface area (Å²) in [5, 5.41) is 14.6. The third-order valence-corrected chi connectivity index (χ3v) is 13.8. The van der Waals surface area contributed by atoms with Gasteiger partial charge in [0.1, 0.15) is 0 Å². The van der Waals surface area contributed by atoms with E-state index in [9.17, 15) is 0 Å². The fourth-order valence-corrected chi connectivity index (χ4v) is 10.7. The van der Waals surface area contributed by atoms with Gasteiger partial charge < -0.3 is 9.80 Å². The van der Waals surface area contributed by atoms with Crippen LogP contribution in [0.1, 0.15) is 0 Å². The summed E-state index contributed by atoms with van der Waals surface area (Å²) < 4.78 is 0. The Kier molecular flexibility index (Phi) is 9.54. The average molecular weight is 865 g/mol. The van der Waals surface area contributed by atoms with Crippen LogP contribution < -0.4 is 9.80 Å². The van der Waals surface area contributed by atoms with Crippen LogP contribution in [0.25, 0.3) is 86.9 Å². The normalized spacial score (nSPS) is 11.5. The van der Waals surface area contributed by atoms with Crippen molar-refractivity contribution in [2.75, 3.05) is 9.80 Å². The van der Waals surface area contributed by atoms with Gasteiger partial charge >= 0.3 is 0 Å². The second kappa shape index (κ2) is 16.5. The molecule has 0 atom stereocenters. The van der Waals surface area contributed by atoms with Gasteiger partial charge in [0.2, 0.25) is 0 Å². The molecule has 0 unspecified atom stereocenters. The predicted octanol–water partition coefficient (Wildman–Crippen LogP) is 18.9. The van der Waals surface area contributed by atoms with Crippen LogP contribution in [0.3, 0.4) is 0 Å². The van der Waals surface area contributed by atoms with Crippen molar-refractivity contribution in [3.8, 4) is 22.3 Å². The summed E-state index contributed by atoms with van der Waals surface area (Å²) in [5.74, 6) is 0. The first-order valence-electron chi connectivity index (χ1n) is 23.4. The number of benzene rings is 13. The van der Waals surface area contributed by atoms with E-state index in [2.05, 4.69) is 277 Å². The van der Waals surface area contributed by atoms with E-state index in [1.54, 1.807) is 0 Å². The van der Waals surface area contributed by atoms with Crippen molar-refractivity contribution in [2.45, 2.75) is 0 Å². The Morgan fingerprint density at radius 3 is 0.662 bits per heavy atom. The molecule has 68 heavy (non-hydrogen) atoms. The lowest BCUT2D eigenvalue weighted by molar-refractivity contribution is 1.31. The maximum atomic E-state index is 2.43. The van der Waals surface area contributed by atoms with Crippen molar-refractivity contribution in [3.05, 3.63) is 267 Å². The standard InChI is InChI=1S/C66H44N2/c1-5-25-53-45(17-1)21-13-33-61(53)67(62-34-14-22-46-18-2-6-26-54(46)62)51-41-37-49(38-42-51)65-57-29-9-11-31-59(57)66(60-32-12-10-30-58(60)65)50-39-43-52(44-40-50)68(63-35-15-23-47-19-3-7-27-55(47)63)64-36-16-24-48-20-4-8-28-56(48)64/h1-44H. The molecular formula is C66H44N2. The zero-order chi connectivity index (χ0) is 45.0. The average Bonchev–Trinajstić information content (AvgIpc) is 3.41. The number of hydrogen-bond donors (Lipinski definition) is 0. The van der Waals surface area contributed by atoms with Gasteiger partial charge in [0, 0.05) is 32.9 Å². The number of nitrogens with zero attached hydrogens (tertiary/aromatic N) is 2. The summed E-state index contributed by atoms with van der Waals surface area (Å²) in [6.07, 6.45) is 0. The van der Waals surface area contributed by atoms with Gasteiger partial charge in [0.25, 0.3) is 0 Å². The van der Waals surface area contributed by atoms with E-state index in [1.165, 1.54) is 86.9 Å². The van der Waals surface area contributed by atoms with Gasteiger partial charge in [-0.1, -0.05) is 218 Å². The first-order chi connectivity index (χ1) is 33.8. The van der Waals surface area contributed by atoms with Gasteiger partial charge in [-0.2, -0.15) is 0 Å². The quantitative estimate of drug-likeness (QED) is 0.140. The Bertz CT molecular complexity index is 3540. The molecule has 0 aliphatic rings. The Labute approximate surface area is 395 Å². The van der Waals surface area contributed by atoms with Crippen LogP contribution in [-0.4, -0.2) is 0 Å². The largest absolute Gasteiger partial charge is 0.309 e. The summed E-state index contributed by atoms with van der Waals surface area (Å²) in [7, 11) is 0. The summed E-state index contributed by atoms with van der Waals surface area (Å²) >= 11 is 0. The molecule has 0 saturated carbocycles. The van der Waals surface area contributed by atoms with Gasteiger partial charge in [-0.25, -0.2) is 0 Å². The SMILES string of the molecule is c1ccc2c(N(c3ccc(-c4c5ccccc5c(-c5ccc(N(c6cccc7ccccc67)c6cccc7ccccc67)cc5)c5ccccc45)cc3)c3cccc4ccccc34)cccc2c1. The van der Waals surface area contributed by atoms with Gasteiger partial charge in [-0.3, -0.25) is 0 Å². The molecule has 0 aliphatic carbocycles. The highest BCUT2D eigenvalue weighted by Crippen LogP contribution is 2.48. The molecule has 0 N–H and O–H groups in total. The van der Waals surface area contributed by atoms with Crippen LogP contribution in [0.15, 0.2) is 267 Å². The molecule has 0 heterocycles. The highest BCUT2D eigenvalue weighted by atomic mass is 15.2. The van der Waals surface area contributed by atoms with Crippen molar-refractivity contribution in [2.24, 2.45) is 0 Å². The lowest BCUT2D eigenvalue weighted by Gasteiger charge is -2.28. The molecule has 0 radical (unpaired) electrons. The molecule has 0 amide bonds. The molecule has 0 aromatic heterocycles. The summed E-state index contributed by atoms with van der Waals surface area (Å²) in [6, 6.07) is 97.6. The molecule has 2 nitrogen and oxygen atoms in total. The summed E-state index contributed by atoms with van der Waals surface area (Å²) in [5.41, 5.74) is 11.6. The van der Waals surface area contributed by atoms with E-state index in [-0.39, 0.29) is 0 Å². The maximum Gasteiger partial charge on any atom is 0.0540 e. The van der Waals surface area contributed by atoms with E-state index in [0.29, 0.717) is 0 Å². The molecule has 0 aliphatic heterocycles. The van der Waals surface area contributed by atoms with Crippen LogP contribution in [0.4, 0.5) is 34.1 Å². The molecule has 13 rings (SSSR count). The van der Waals surface area contributed by atoms with Crippen LogP contribution in [-0.2, 0) is 0 Å². The predicted molar refractivity (Wildman–Crippen MR) is 292 cm³/mol. The molecule has 0 spiro atoms. The zero-order valence-electron chi connectivity index (χ0n) is 37.3. The second-order valence-corrected chi connectivity index (χ2v) is 17.6. The van der Waals surface area contributed by atoms with Crippen LogP contribution in [0.5, 0.6) is 0 Å². The molecule has 2 heteroatoms. The number of anilines is 6. The molecule has 318 valence electrons. The van der Waals surface area contributed by atoms with E-state index in [1.807, 2.05) is 0 Å². The molecule has 0 fully saturated rings. The lowest BCUT2D eigenvalue weighted by Crippen LogP contribution is -2.11. The van der Waals surface area contributed by atoms with Gasteiger partial charge in [0.05, 0.1) is 22.7 Å². The second-order valence-electron chi connectivity index (χ2n) is 17.6. The minimum Gasteiger partial charge on any atom is -0.309 e. The monoisotopic (exact) mass is 864 g/mol. The third kappa shape index (κ3) is 6.57. The van der Waals surface area contributed by atoms with Crippen LogP contribution in [0.2, 0.25) is 0 Å². The first-order valence-corrected chi connectivity index (χ1v) is 23.4. The van der Waals surface area contributed by atoms with Gasteiger partial charge in [-0.15, -0.1) is 0 Å². The van der Waals surface area contributed by atoms with Crippen molar-refractivity contribution in [3.63, 3.8) is 0 Å². The van der Waals surface area contributed by atoms with Crippen molar-refractivity contribution < 1.29 is 0 Å². The van der Waals surface area contributed by atoms with E-state index in [4.69, 9.17) is 0 Å². The van der Waals surface area contributed by atoms with Crippen molar-refractivity contribution >= 4 is 98.8 Å². The minimum atomic E-state index is 1.10. The smallest absolute Gasteiger partial charge is 0.0540 e. The molecule has 13 aromatic carbocycles. The van der Waals surface area contributed by atoms with Crippen molar-refractivity contribution in [1.82, 2.24) is 0 Å². The molecule has 13 aromatic rings. The highest BCUT2D eigenvalue weighted by Gasteiger charge is 2.22.